The molecule has 0 aliphatic heterocycles. The number of hydrogen-bond acceptors (Lipinski definition) is 2. The van der Waals surface area contributed by atoms with Crippen molar-refractivity contribution < 1.29 is 9.90 Å². The van der Waals surface area contributed by atoms with Crippen molar-refractivity contribution in [2.24, 2.45) is 5.92 Å². The van der Waals surface area contributed by atoms with E-state index in [4.69, 9.17) is 0 Å². The number of nitrogens with one attached hydrogen (secondary N) is 1. The van der Waals surface area contributed by atoms with Gasteiger partial charge in [-0.2, -0.15) is 0 Å². The minimum Gasteiger partial charge on any atom is -0.396 e. The second-order valence-electron chi connectivity index (χ2n) is 6.93. The Morgan fingerprint density at radius 2 is 1.96 bits per heavy atom. The van der Waals surface area contributed by atoms with Crippen molar-refractivity contribution in [3.8, 4) is 0 Å². The van der Waals surface area contributed by atoms with Gasteiger partial charge >= 0.3 is 6.03 Å². The molecule has 23 heavy (non-hydrogen) atoms. The number of carbonyl (C=O) groups is 1. The predicted molar refractivity (Wildman–Crippen MR) is 93.5 cm³/mol. The third-order valence-corrected chi connectivity index (χ3v) is 5.40. The van der Waals surface area contributed by atoms with E-state index in [1.807, 2.05) is 24.9 Å². The Morgan fingerprint density at radius 1 is 1.30 bits per heavy atom. The minimum atomic E-state index is -0.00847. The standard InChI is InChI=1S/C19H30N2O2/c1-13-6-5-7-18(14(13)2)15(3)20-19(23)21(4)17-10-8-16(12-22)9-11-17/h5-7,15-17,22H,8-12H2,1-4H3,(H,20,23). The second-order valence-corrected chi connectivity index (χ2v) is 6.93. The third kappa shape index (κ3) is 4.25. The van der Waals surface area contributed by atoms with E-state index in [0.717, 1.165) is 25.7 Å². The fourth-order valence-electron chi connectivity index (χ4n) is 3.49. The van der Waals surface area contributed by atoms with Gasteiger partial charge in [0.05, 0.1) is 6.04 Å². The lowest BCUT2D eigenvalue weighted by Crippen LogP contribution is -2.45. The number of aliphatic hydroxyl groups excluding tert-OH is 1. The van der Waals surface area contributed by atoms with Crippen molar-refractivity contribution in [2.75, 3.05) is 13.7 Å². The first-order valence-electron chi connectivity index (χ1n) is 8.64. The minimum absolute atomic E-state index is 0.00127. The van der Waals surface area contributed by atoms with Crippen LogP contribution in [-0.2, 0) is 0 Å². The van der Waals surface area contributed by atoms with Gasteiger partial charge in [0.15, 0.2) is 0 Å². The van der Waals surface area contributed by atoms with Gasteiger partial charge in [-0.15, -0.1) is 0 Å². The zero-order chi connectivity index (χ0) is 17.0. The SMILES string of the molecule is Cc1cccc(C(C)NC(=O)N(C)C2CCC(CO)CC2)c1C. The van der Waals surface area contributed by atoms with Crippen molar-refractivity contribution in [1.29, 1.82) is 0 Å². The predicted octanol–water partition coefficient (Wildman–Crippen LogP) is 3.56. The van der Waals surface area contributed by atoms with Crippen LogP contribution in [0.2, 0.25) is 0 Å². The first kappa shape index (κ1) is 17.8. The summed E-state index contributed by atoms with van der Waals surface area (Å²) in [4.78, 5) is 14.4. The molecule has 2 N–H and O–H groups in total. The molecule has 1 aliphatic rings. The smallest absolute Gasteiger partial charge is 0.317 e. The summed E-state index contributed by atoms with van der Waals surface area (Å²) >= 11 is 0. The van der Waals surface area contributed by atoms with Crippen LogP contribution in [0.3, 0.4) is 0 Å². The van der Waals surface area contributed by atoms with Crippen molar-refractivity contribution in [3.05, 3.63) is 34.9 Å². The summed E-state index contributed by atoms with van der Waals surface area (Å²) in [7, 11) is 1.88. The first-order chi connectivity index (χ1) is 10.9. The summed E-state index contributed by atoms with van der Waals surface area (Å²) < 4.78 is 0. The number of aryl methyl sites for hydroxylation is 1. The highest BCUT2D eigenvalue weighted by Gasteiger charge is 2.27. The van der Waals surface area contributed by atoms with Gasteiger partial charge in [-0.1, -0.05) is 18.2 Å². The number of benzene rings is 1. The number of carbonyl (C=O) groups excluding carboxylic acids is 1. The summed E-state index contributed by atoms with van der Waals surface area (Å²) in [5.41, 5.74) is 3.67. The number of nitrogens with zero attached hydrogens (tertiary/aromatic N) is 1. The summed E-state index contributed by atoms with van der Waals surface area (Å²) in [5.74, 6) is 0.413. The van der Waals surface area contributed by atoms with E-state index in [1.165, 1.54) is 16.7 Å². The quantitative estimate of drug-likeness (QED) is 0.892. The number of amides is 2. The van der Waals surface area contributed by atoms with E-state index in [0.29, 0.717) is 5.92 Å². The van der Waals surface area contributed by atoms with Crippen LogP contribution in [-0.4, -0.2) is 35.7 Å². The average molecular weight is 318 g/mol. The van der Waals surface area contributed by atoms with Gasteiger partial charge in [0.25, 0.3) is 0 Å². The van der Waals surface area contributed by atoms with Gasteiger partial charge in [0.2, 0.25) is 0 Å². The Balaban J connectivity index is 1.94. The maximum Gasteiger partial charge on any atom is 0.317 e. The molecular weight excluding hydrogens is 288 g/mol. The monoisotopic (exact) mass is 318 g/mol. The highest BCUT2D eigenvalue weighted by atomic mass is 16.3. The van der Waals surface area contributed by atoms with Crippen LogP contribution in [0, 0.1) is 19.8 Å². The maximum absolute atomic E-state index is 12.5. The molecule has 0 radical (unpaired) electrons. The number of hydrogen-bond donors (Lipinski definition) is 2. The highest BCUT2D eigenvalue weighted by molar-refractivity contribution is 5.74. The van der Waals surface area contributed by atoms with Crippen LogP contribution in [0.25, 0.3) is 0 Å². The second kappa shape index (κ2) is 7.82. The van der Waals surface area contributed by atoms with Crippen LogP contribution < -0.4 is 5.32 Å². The summed E-state index contributed by atoms with van der Waals surface area (Å²) in [6.45, 7) is 6.51. The van der Waals surface area contributed by atoms with Gasteiger partial charge in [-0.05, 0) is 69.1 Å². The average Bonchev–Trinajstić information content (AvgIpc) is 2.56. The molecule has 1 aliphatic carbocycles. The Labute approximate surface area is 139 Å². The molecule has 1 fully saturated rings. The van der Waals surface area contributed by atoms with Gasteiger partial charge < -0.3 is 15.3 Å². The zero-order valence-electron chi connectivity index (χ0n) is 14.8. The lowest BCUT2D eigenvalue weighted by molar-refractivity contribution is 0.133. The fraction of sp³-hybridized carbons (Fsp3) is 0.632. The molecule has 0 heterocycles. The summed E-state index contributed by atoms with van der Waals surface area (Å²) in [6, 6.07) is 6.49. The highest BCUT2D eigenvalue weighted by Crippen LogP contribution is 2.27. The molecule has 128 valence electrons. The molecule has 1 aromatic rings. The van der Waals surface area contributed by atoms with E-state index in [2.05, 4.69) is 31.3 Å². The molecule has 4 nitrogen and oxygen atoms in total. The van der Waals surface area contributed by atoms with Crippen LogP contribution in [0.15, 0.2) is 18.2 Å². The third-order valence-electron chi connectivity index (χ3n) is 5.40. The molecule has 0 saturated heterocycles. The van der Waals surface area contributed by atoms with Crippen LogP contribution >= 0.6 is 0 Å². The number of rotatable bonds is 4. The van der Waals surface area contributed by atoms with Crippen molar-refractivity contribution in [1.82, 2.24) is 10.2 Å². The van der Waals surface area contributed by atoms with E-state index >= 15 is 0 Å². The molecule has 1 aromatic carbocycles. The lowest BCUT2D eigenvalue weighted by Gasteiger charge is -2.35. The molecule has 1 saturated carbocycles. The summed E-state index contributed by atoms with van der Waals surface area (Å²) in [5, 5.41) is 12.3. The Morgan fingerprint density at radius 3 is 2.57 bits per heavy atom. The van der Waals surface area contributed by atoms with Gasteiger partial charge in [0.1, 0.15) is 0 Å². The molecule has 0 bridgehead atoms. The zero-order valence-corrected chi connectivity index (χ0v) is 14.8. The molecule has 0 spiro atoms. The summed E-state index contributed by atoms with van der Waals surface area (Å²) in [6.07, 6.45) is 3.97. The molecule has 4 heteroatoms. The Hall–Kier alpha value is -1.55. The molecule has 0 aromatic heterocycles. The lowest BCUT2D eigenvalue weighted by atomic mass is 9.86. The first-order valence-corrected chi connectivity index (χ1v) is 8.64. The molecule has 1 atom stereocenters. The maximum atomic E-state index is 12.5. The molecule has 2 amide bonds. The van der Waals surface area contributed by atoms with Gasteiger partial charge in [-0.3, -0.25) is 0 Å². The van der Waals surface area contributed by atoms with Crippen molar-refractivity contribution in [3.63, 3.8) is 0 Å². The fourth-order valence-corrected chi connectivity index (χ4v) is 3.49. The molecule has 2 rings (SSSR count). The van der Waals surface area contributed by atoms with Crippen molar-refractivity contribution >= 4 is 6.03 Å². The molecular formula is C19H30N2O2. The van der Waals surface area contributed by atoms with Gasteiger partial charge in [-0.25, -0.2) is 4.79 Å². The van der Waals surface area contributed by atoms with E-state index in [1.54, 1.807) is 0 Å². The topological polar surface area (TPSA) is 52.6 Å². The van der Waals surface area contributed by atoms with Crippen LogP contribution in [0.5, 0.6) is 0 Å². The van der Waals surface area contributed by atoms with E-state index < -0.39 is 0 Å². The van der Waals surface area contributed by atoms with Crippen LogP contribution in [0.4, 0.5) is 4.79 Å². The largest absolute Gasteiger partial charge is 0.396 e. The van der Waals surface area contributed by atoms with E-state index in [-0.39, 0.29) is 24.7 Å². The number of urea groups is 1. The van der Waals surface area contributed by atoms with Crippen LogP contribution in [0.1, 0.15) is 55.3 Å². The Bertz CT molecular complexity index is 536. The van der Waals surface area contributed by atoms with E-state index in [9.17, 15) is 9.90 Å². The van der Waals surface area contributed by atoms with Crippen molar-refractivity contribution in [2.45, 2.75) is 58.5 Å². The Kier molecular flexibility index (Phi) is 6.05. The molecule has 1 unspecified atom stereocenters. The van der Waals surface area contributed by atoms with Gasteiger partial charge in [0, 0.05) is 19.7 Å². The number of aliphatic hydroxyl groups is 1. The normalized spacial score (nSPS) is 22.5.